The van der Waals surface area contributed by atoms with Gasteiger partial charge in [0.15, 0.2) is 6.10 Å². The van der Waals surface area contributed by atoms with Crippen LogP contribution in [0.25, 0.3) is 0 Å². The molecule has 6 heteroatoms. The lowest BCUT2D eigenvalue weighted by Crippen LogP contribution is -2.30. The van der Waals surface area contributed by atoms with Crippen LogP contribution in [0.2, 0.25) is 0 Å². The van der Waals surface area contributed by atoms with Gasteiger partial charge in [-0.15, -0.1) is 0 Å². The topological polar surface area (TPSA) is 78.9 Å². The average molecular weight is 1100 g/mol. The van der Waals surface area contributed by atoms with Crippen LogP contribution in [0.5, 0.6) is 0 Å². The van der Waals surface area contributed by atoms with Crippen LogP contribution in [0.3, 0.4) is 0 Å². The molecule has 0 N–H and O–H groups in total. The van der Waals surface area contributed by atoms with Crippen LogP contribution in [0.1, 0.15) is 258 Å². The Balaban J connectivity index is 4.39. The first-order valence-corrected chi connectivity index (χ1v) is 32.1. The van der Waals surface area contributed by atoms with E-state index in [0.717, 1.165) is 173 Å². The second-order valence-electron chi connectivity index (χ2n) is 20.6. The number of ether oxygens (including phenoxy) is 3. The van der Waals surface area contributed by atoms with E-state index in [-0.39, 0.29) is 31.1 Å². The second kappa shape index (κ2) is 66.3. The number of hydrogen-bond donors (Lipinski definition) is 0. The molecule has 0 aliphatic carbocycles. The van der Waals surface area contributed by atoms with E-state index in [0.29, 0.717) is 19.3 Å². The molecule has 0 saturated carbocycles. The zero-order chi connectivity index (χ0) is 57.8. The molecule has 80 heavy (non-hydrogen) atoms. The van der Waals surface area contributed by atoms with Crippen LogP contribution in [-0.2, 0) is 28.6 Å². The van der Waals surface area contributed by atoms with Gasteiger partial charge in [-0.1, -0.05) is 274 Å². The Morgan fingerprint density at radius 1 is 0.263 bits per heavy atom. The van der Waals surface area contributed by atoms with Gasteiger partial charge in [-0.2, -0.15) is 0 Å². The molecule has 0 aromatic carbocycles. The summed E-state index contributed by atoms with van der Waals surface area (Å²) in [5.41, 5.74) is 0. The normalized spacial score (nSPS) is 13.3. The van der Waals surface area contributed by atoms with E-state index in [2.05, 4.69) is 191 Å². The summed E-state index contributed by atoms with van der Waals surface area (Å²) in [6.07, 6.45) is 97.9. The fourth-order valence-corrected chi connectivity index (χ4v) is 8.23. The lowest BCUT2D eigenvalue weighted by atomic mass is 10.1. The molecule has 6 nitrogen and oxygen atoms in total. The van der Waals surface area contributed by atoms with Gasteiger partial charge in [0, 0.05) is 19.3 Å². The van der Waals surface area contributed by atoms with Gasteiger partial charge in [-0.3, -0.25) is 14.4 Å². The van der Waals surface area contributed by atoms with E-state index in [4.69, 9.17) is 14.2 Å². The van der Waals surface area contributed by atoms with Gasteiger partial charge in [-0.25, -0.2) is 0 Å². The number of rotatable bonds is 56. The van der Waals surface area contributed by atoms with Crippen LogP contribution in [0.4, 0.5) is 0 Å². The highest BCUT2D eigenvalue weighted by Crippen LogP contribution is 2.14. The summed E-state index contributed by atoms with van der Waals surface area (Å²) >= 11 is 0. The van der Waals surface area contributed by atoms with E-state index >= 15 is 0 Å². The van der Waals surface area contributed by atoms with Crippen LogP contribution in [0.15, 0.2) is 170 Å². The highest BCUT2D eigenvalue weighted by atomic mass is 16.6. The van der Waals surface area contributed by atoms with Gasteiger partial charge < -0.3 is 14.2 Å². The van der Waals surface area contributed by atoms with Gasteiger partial charge in [0.25, 0.3) is 0 Å². The number of carbonyl (C=O) groups excluding carboxylic acids is 3. The molecule has 0 amide bonds. The number of unbranched alkanes of at least 4 members (excludes halogenated alkanes) is 17. The Hall–Kier alpha value is -5.23. The van der Waals surface area contributed by atoms with Gasteiger partial charge in [-0.05, 0) is 135 Å². The summed E-state index contributed by atoms with van der Waals surface area (Å²) < 4.78 is 16.8. The third-order valence-corrected chi connectivity index (χ3v) is 13.0. The Kier molecular flexibility index (Phi) is 61.9. The molecule has 0 aromatic heterocycles. The molecule has 0 bridgehead atoms. The van der Waals surface area contributed by atoms with Crippen molar-refractivity contribution in [3.63, 3.8) is 0 Å². The van der Waals surface area contributed by atoms with Crippen molar-refractivity contribution in [3.8, 4) is 0 Å². The molecule has 1 atom stereocenters. The first kappa shape index (κ1) is 74.8. The van der Waals surface area contributed by atoms with Crippen LogP contribution >= 0.6 is 0 Å². The maximum absolute atomic E-state index is 12.9. The summed E-state index contributed by atoms with van der Waals surface area (Å²) in [7, 11) is 0. The van der Waals surface area contributed by atoms with Gasteiger partial charge in [0.1, 0.15) is 13.2 Å². The summed E-state index contributed by atoms with van der Waals surface area (Å²) in [6.45, 7) is 6.35. The molecular formula is C74H116O6. The molecule has 448 valence electrons. The Morgan fingerprint density at radius 2 is 0.487 bits per heavy atom. The molecule has 0 aliphatic rings. The largest absolute Gasteiger partial charge is 0.462 e. The Morgan fingerprint density at radius 3 is 0.775 bits per heavy atom. The molecule has 0 spiro atoms. The van der Waals surface area contributed by atoms with E-state index in [9.17, 15) is 14.4 Å². The Bertz CT molecular complexity index is 1840. The average Bonchev–Trinajstić information content (AvgIpc) is 3.46. The highest BCUT2D eigenvalue weighted by molar-refractivity contribution is 5.71. The smallest absolute Gasteiger partial charge is 0.306 e. The van der Waals surface area contributed by atoms with Crippen molar-refractivity contribution in [3.05, 3.63) is 170 Å². The predicted octanol–water partition coefficient (Wildman–Crippen LogP) is 22.3. The Labute approximate surface area is 492 Å². The number of carbonyl (C=O) groups is 3. The SMILES string of the molecule is CC/C=C\C/C=C\C/C=C\C/C=C\C/C=C\C/C=C\C/C=C\C/C=C\C/C=C\CCCCCC(=O)OCC(COC(=O)CCCCCCCCCCCC)OC(=O)CCCCCCC/C=C\C/C=C\C/C=C\C/C=C\C/C=C\CC. The second-order valence-corrected chi connectivity index (χ2v) is 20.6. The van der Waals surface area contributed by atoms with Crippen molar-refractivity contribution in [2.24, 2.45) is 0 Å². The van der Waals surface area contributed by atoms with Crippen molar-refractivity contribution >= 4 is 17.9 Å². The highest BCUT2D eigenvalue weighted by Gasteiger charge is 2.19. The van der Waals surface area contributed by atoms with E-state index in [1.165, 1.54) is 44.9 Å². The summed E-state index contributed by atoms with van der Waals surface area (Å²) in [4.78, 5) is 38.2. The molecule has 0 aliphatic heterocycles. The molecule has 1 unspecified atom stereocenters. The zero-order valence-electron chi connectivity index (χ0n) is 51.3. The van der Waals surface area contributed by atoms with Crippen molar-refractivity contribution in [1.29, 1.82) is 0 Å². The minimum Gasteiger partial charge on any atom is -0.462 e. The van der Waals surface area contributed by atoms with E-state index < -0.39 is 6.10 Å². The molecule has 0 radical (unpaired) electrons. The van der Waals surface area contributed by atoms with Gasteiger partial charge in [0.05, 0.1) is 0 Å². The van der Waals surface area contributed by atoms with Gasteiger partial charge in [0.2, 0.25) is 0 Å². The summed E-state index contributed by atoms with van der Waals surface area (Å²) in [5.74, 6) is -0.963. The molecular weight excluding hydrogens is 985 g/mol. The van der Waals surface area contributed by atoms with Crippen molar-refractivity contribution in [2.75, 3.05) is 13.2 Å². The minimum absolute atomic E-state index is 0.102. The van der Waals surface area contributed by atoms with Crippen molar-refractivity contribution < 1.29 is 28.6 Å². The van der Waals surface area contributed by atoms with Crippen LogP contribution in [-0.4, -0.2) is 37.2 Å². The standard InChI is InChI=1S/C74H116O6/c1-4-7-10-13-16-19-22-24-26-28-30-32-33-34-35-36-37-38-39-40-41-43-44-46-48-50-52-55-58-61-64-67-73(76)79-70-71(69-78-72(75)66-63-60-57-54-21-18-15-12-9-6-3)80-74(77)68-65-62-59-56-53-51-49-47-45-42-31-29-27-25-23-20-17-14-11-8-5-2/h7-8,10-11,16-17,19-20,24-27,30-32,34-35,37-38,40-42,44,46-47,49-50,52,71H,4-6,9,12-15,18,21-23,28-29,33,36,39,43,45,48,51,53-70H2,1-3H3/b10-7-,11-8-,19-16-,20-17-,26-24-,27-25-,32-30-,35-34-,38-37-,41-40-,42-31-,46-44-,49-47-,52-50-. The zero-order valence-corrected chi connectivity index (χ0v) is 51.3. The summed E-state index contributed by atoms with van der Waals surface area (Å²) in [6, 6.07) is 0. The molecule has 0 fully saturated rings. The fraction of sp³-hybridized carbons (Fsp3) is 0.581. The lowest BCUT2D eigenvalue weighted by Gasteiger charge is -2.18. The molecule has 0 heterocycles. The number of esters is 3. The lowest BCUT2D eigenvalue weighted by molar-refractivity contribution is -0.167. The molecule has 0 saturated heterocycles. The maximum Gasteiger partial charge on any atom is 0.306 e. The molecule has 0 rings (SSSR count). The number of allylic oxidation sites excluding steroid dienone is 28. The van der Waals surface area contributed by atoms with Crippen molar-refractivity contribution in [1.82, 2.24) is 0 Å². The quantitative estimate of drug-likeness (QED) is 0.0261. The third-order valence-electron chi connectivity index (χ3n) is 13.0. The van der Waals surface area contributed by atoms with Crippen LogP contribution < -0.4 is 0 Å². The third kappa shape index (κ3) is 63.6. The van der Waals surface area contributed by atoms with Crippen molar-refractivity contribution in [2.45, 2.75) is 264 Å². The summed E-state index contributed by atoms with van der Waals surface area (Å²) in [5, 5.41) is 0. The monoisotopic (exact) mass is 1100 g/mol. The number of hydrogen-bond acceptors (Lipinski definition) is 6. The maximum atomic E-state index is 12.9. The van der Waals surface area contributed by atoms with E-state index in [1.54, 1.807) is 0 Å². The van der Waals surface area contributed by atoms with Gasteiger partial charge >= 0.3 is 17.9 Å². The molecule has 0 aromatic rings. The van der Waals surface area contributed by atoms with E-state index in [1.807, 2.05) is 0 Å². The minimum atomic E-state index is -0.810. The fourth-order valence-electron chi connectivity index (χ4n) is 8.23. The first-order valence-electron chi connectivity index (χ1n) is 32.1. The first-order chi connectivity index (χ1) is 39.5. The predicted molar refractivity (Wildman–Crippen MR) is 348 cm³/mol. The van der Waals surface area contributed by atoms with Crippen LogP contribution in [0, 0.1) is 0 Å².